The van der Waals surface area contributed by atoms with E-state index in [1.807, 2.05) is 6.07 Å². The summed E-state index contributed by atoms with van der Waals surface area (Å²) >= 11 is 0. The second-order valence-electron chi connectivity index (χ2n) is 5.62. The molecule has 1 fully saturated rings. The van der Waals surface area contributed by atoms with Crippen LogP contribution in [0.5, 0.6) is 5.75 Å². The molecule has 1 aliphatic rings. The number of aromatic carboxylic acids is 1. The van der Waals surface area contributed by atoms with Crippen molar-refractivity contribution in [3.05, 3.63) is 53.5 Å². The first kappa shape index (κ1) is 15.3. The number of halogens is 1. The van der Waals surface area contributed by atoms with Gasteiger partial charge in [-0.3, -0.25) is 0 Å². The van der Waals surface area contributed by atoms with E-state index in [4.69, 9.17) is 9.84 Å². The molecule has 120 valence electrons. The van der Waals surface area contributed by atoms with Gasteiger partial charge in [-0.1, -0.05) is 12.1 Å². The van der Waals surface area contributed by atoms with Crippen LogP contribution in [0.4, 0.5) is 10.2 Å². The van der Waals surface area contributed by atoms with Crippen molar-refractivity contribution in [2.75, 3.05) is 12.4 Å². The van der Waals surface area contributed by atoms with Crippen molar-refractivity contribution < 1.29 is 19.0 Å². The van der Waals surface area contributed by atoms with Crippen LogP contribution in [-0.4, -0.2) is 29.2 Å². The predicted octanol–water partition coefficient (Wildman–Crippen LogP) is 3.29. The Balaban J connectivity index is 1.60. The highest BCUT2D eigenvalue weighted by atomic mass is 19.1. The Hall–Kier alpha value is -2.63. The smallest absolute Gasteiger partial charge is 0.354 e. The monoisotopic (exact) mass is 316 g/mol. The van der Waals surface area contributed by atoms with E-state index in [1.165, 1.54) is 19.2 Å². The van der Waals surface area contributed by atoms with Gasteiger partial charge < -0.3 is 15.2 Å². The molecule has 0 spiro atoms. The fraction of sp³-hybridized carbons (Fsp3) is 0.294. The number of methoxy groups -OCH3 is 1. The van der Waals surface area contributed by atoms with E-state index in [0.29, 0.717) is 5.82 Å². The number of nitrogens with one attached hydrogen (secondary N) is 1. The molecule has 23 heavy (non-hydrogen) atoms. The van der Waals surface area contributed by atoms with E-state index in [9.17, 15) is 9.18 Å². The summed E-state index contributed by atoms with van der Waals surface area (Å²) in [5.74, 6) is -0.312. The van der Waals surface area contributed by atoms with E-state index in [1.54, 1.807) is 18.2 Å². The first-order chi connectivity index (χ1) is 11.1. The Morgan fingerprint density at radius 1 is 1.35 bits per heavy atom. The van der Waals surface area contributed by atoms with Gasteiger partial charge in [0.15, 0.2) is 17.3 Å². The SMILES string of the molecule is COc1ccc(C2CC(Nc3cccc(C(=O)O)n3)C2)cc1F. The molecule has 5 nitrogen and oxygen atoms in total. The number of pyridine rings is 1. The minimum absolute atomic E-state index is 0.0168. The van der Waals surface area contributed by atoms with Crippen molar-refractivity contribution >= 4 is 11.8 Å². The van der Waals surface area contributed by atoms with Gasteiger partial charge in [0.2, 0.25) is 0 Å². The van der Waals surface area contributed by atoms with Crippen LogP contribution in [0.15, 0.2) is 36.4 Å². The third kappa shape index (κ3) is 3.26. The van der Waals surface area contributed by atoms with Crippen molar-refractivity contribution in [2.45, 2.75) is 24.8 Å². The highest BCUT2D eigenvalue weighted by molar-refractivity contribution is 5.85. The maximum Gasteiger partial charge on any atom is 0.354 e. The number of benzene rings is 1. The largest absolute Gasteiger partial charge is 0.494 e. The highest BCUT2D eigenvalue weighted by Crippen LogP contribution is 2.39. The first-order valence-corrected chi connectivity index (χ1v) is 7.37. The van der Waals surface area contributed by atoms with Gasteiger partial charge in [0.1, 0.15) is 5.82 Å². The van der Waals surface area contributed by atoms with Crippen LogP contribution < -0.4 is 10.1 Å². The summed E-state index contributed by atoms with van der Waals surface area (Å²) in [5, 5.41) is 12.2. The summed E-state index contributed by atoms with van der Waals surface area (Å²) in [6.45, 7) is 0. The molecule has 0 saturated heterocycles. The highest BCUT2D eigenvalue weighted by Gasteiger charge is 2.31. The molecule has 1 aliphatic carbocycles. The van der Waals surface area contributed by atoms with Gasteiger partial charge in [0.25, 0.3) is 0 Å². The zero-order chi connectivity index (χ0) is 16.4. The zero-order valence-electron chi connectivity index (χ0n) is 12.6. The number of nitrogens with zero attached hydrogens (tertiary/aromatic N) is 1. The molecule has 0 aliphatic heterocycles. The number of carbonyl (C=O) groups is 1. The van der Waals surface area contributed by atoms with Gasteiger partial charge in [-0.25, -0.2) is 14.2 Å². The molecule has 1 aromatic carbocycles. The van der Waals surface area contributed by atoms with E-state index in [-0.39, 0.29) is 29.2 Å². The normalized spacial score (nSPS) is 19.7. The molecule has 1 aromatic heterocycles. The van der Waals surface area contributed by atoms with E-state index in [2.05, 4.69) is 10.3 Å². The van der Waals surface area contributed by atoms with Gasteiger partial charge in [-0.05, 0) is 48.6 Å². The van der Waals surface area contributed by atoms with E-state index < -0.39 is 5.97 Å². The summed E-state index contributed by atoms with van der Waals surface area (Å²) < 4.78 is 18.6. The number of anilines is 1. The molecule has 0 amide bonds. The minimum Gasteiger partial charge on any atom is -0.494 e. The van der Waals surface area contributed by atoms with Crippen LogP contribution in [0.1, 0.15) is 34.8 Å². The van der Waals surface area contributed by atoms with Crippen LogP contribution in [0.3, 0.4) is 0 Å². The molecule has 0 atom stereocenters. The molecule has 3 rings (SSSR count). The van der Waals surface area contributed by atoms with Crippen LogP contribution in [0.25, 0.3) is 0 Å². The molecule has 1 saturated carbocycles. The second-order valence-corrected chi connectivity index (χ2v) is 5.62. The van der Waals surface area contributed by atoms with Crippen molar-refractivity contribution in [3.63, 3.8) is 0 Å². The molecule has 2 aromatic rings. The van der Waals surface area contributed by atoms with Gasteiger partial charge >= 0.3 is 5.97 Å². The van der Waals surface area contributed by atoms with Gasteiger partial charge in [-0.2, -0.15) is 0 Å². The predicted molar refractivity (Wildman–Crippen MR) is 83.5 cm³/mol. The van der Waals surface area contributed by atoms with Crippen LogP contribution in [-0.2, 0) is 0 Å². The summed E-state index contributed by atoms with van der Waals surface area (Å²) in [5.41, 5.74) is 0.969. The molecule has 1 heterocycles. The van der Waals surface area contributed by atoms with Crippen molar-refractivity contribution in [3.8, 4) is 5.75 Å². The Kier molecular flexibility index (Phi) is 4.14. The Labute approximate surface area is 133 Å². The van der Waals surface area contributed by atoms with Crippen LogP contribution in [0.2, 0.25) is 0 Å². The van der Waals surface area contributed by atoms with Gasteiger partial charge in [-0.15, -0.1) is 0 Å². The quantitative estimate of drug-likeness (QED) is 0.885. The van der Waals surface area contributed by atoms with E-state index >= 15 is 0 Å². The second kappa shape index (κ2) is 6.24. The molecular weight excluding hydrogens is 299 g/mol. The Bertz CT molecular complexity index is 730. The topological polar surface area (TPSA) is 71.5 Å². The lowest BCUT2D eigenvalue weighted by molar-refractivity contribution is 0.0690. The number of aromatic nitrogens is 1. The number of carboxylic acids is 1. The van der Waals surface area contributed by atoms with Gasteiger partial charge in [0, 0.05) is 6.04 Å². The number of ether oxygens (including phenoxy) is 1. The third-order valence-corrected chi connectivity index (χ3v) is 4.11. The standard InChI is InChI=1S/C17H17FN2O3/c1-23-15-6-5-10(9-13(15)18)11-7-12(8-11)19-16-4-2-3-14(20-16)17(21)22/h2-6,9,11-12H,7-8H2,1H3,(H,19,20)(H,21,22). The lowest BCUT2D eigenvalue weighted by atomic mass is 9.76. The molecular formula is C17H17FN2O3. The Morgan fingerprint density at radius 2 is 2.13 bits per heavy atom. The molecule has 0 radical (unpaired) electrons. The summed E-state index contributed by atoms with van der Waals surface area (Å²) in [6, 6.07) is 10.1. The zero-order valence-corrected chi connectivity index (χ0v) is 12.6. The maximum atomic E-state index is 13.7. The molecule has 6 heteroatoms. The lowest BCUT2D eigenvalue weighted by Crippen LogP contribution is -2.34. The first-order valence-electron chi connectivity index (χ1n) is 7.37. The summed E-state index contributed by atoms with van der Waals surface area (Å²) in [6.07, 6.45) is 1.70. The lowest BCUT2D eigenvalue weighted by Gasteiger charge is -2.36. The number of rotatable bonds is 5. The number of hydrogen-bond donors (Lipinski definition) is 2. The van der Waals surface area contributed by atoms with Crippen molar-refractivity contribution in [1.82, 2.24) is 4.98 Å². The molecule has 0 unspecified atom stereocenters. The summed E-state index contributed by atoms with van der Waals surface area (Å²) in [7, 11) is 1.44. The van der Waals surface area contributed by atoms with Crippen molar-refractivity contribution in [2.24, 2.45) is 0 Å². The number of carboxylic acid groups (broad SMARTS) is 1. The average molecular weight is 316 g/mol. The summed E-state index contributed by atoms with van der Waals surface area (Å²) in [4.78, 5) is 14.9. The van der Waals surface area contributed by atoms with Gasteiger partial charge in [0.05, 0.1) is 7.11 Å². The molecule has 0 bridgehead atoms. The van der Waals surface area contributed by atoms with Crippen LogP contribution in [0, 0.1) is 5.82 Å². The molecule has 2 N–H and O–H groups in total. The fourth-order valence-electron chi connectivity index (χ4n) is 2.79. The Morgan fingerprint density at radius 3 is 2.78 bits per heavy atom. The minimum atomic E-state index is -1.05. The number of hydrogen-bond acceptors (Lipinski definition) is 4. The van der Waals surface area contributed by atoms with Crippen LogP contribution >= 0.6 is 0 Å². The maximum absolute atomic E-state index is 13.7. The third-order valence-electron chi connectivity index (χ3n) is 4.11. The fourth-order valence-corrected chi connectivity index (χ4v) is 2.79. The average Bonchev–Trinajstić information content (AvgIpc) is 2.50. The van der Waals surface area contributed by atoms with E-state index in [0.717, 1.165) is 18.4 Å². The van der Waals surface area contributed by atoms with Crippen molar-refractivity contribution in [1.29, 1.82) is 0 Å².